The van der Waals surface area contributed by atoms with Gasteiger partial charge in [-0.25, -0.2) is 0 Å². The molecule has 1 aliphatic rings. The minimum absolute atomic E-state index is 0.146. The van der Waals surface area contributed by atoms with E-state index in [0.29, 0.717) is 18.7 Å². The minimum Gasteiger partial charge on any atom is -0.481 e. The van der Waals surface area contributed by atoms with Gasteiger partial charge in [-0.3, -0.25) is 9.59 Å². The van der Waals surface area contributed by atoms with Gasteiger partial charge in [0.25, 0.3) is 5.91 Å². The molecule has 0 unspecified atom stereocenters. The first kappa shape index (κ1) is 14.1. The second kappa shape index (κ2) is 4.87. The number of aliphatic carboxylic acids is 1. The molecule has 0 saturated carbocycles. The Morgan fingerprint density at radius 2 is 2.14 bits per heavy atom. The molecule has 6 heteroatoms. The van der Waals surface area contributed by atoms with Crippen LogP contribution in [0.4, 0.5) is 0 Å². The van der Waals surface area contributed by atoms with Gasteiger partial charge in [0.15, 0.2) is 0 Å². The van der Waals surface area contributed by atoms with Crippen molar-refractivity contribution in [3.63, 3.8) is 0 Å². The Hall–Kier alpha value is -1.82. The van der Waals surface area contributed by atoms with Crippen LogP contribution in [0.25, 0.3) is 10.9 Å². The number of benzene rings is 1. The number of nitrogens with zero attached hydrogens (tertiary/aromatic N) is 1. The summed E-state index contributed by atoms with van der Waals surface area (Å²) in [6.07, 6.45) is 0.486. The first-order valence-electron chi connectivity index (χ1n) is 6.70. The molecule has 1 amide bonds. The van der Waals surface area contributed by atoms with Gasteiger partial charge in [0.1, 0.15) is 5.69 Å². The number of carboxylic acid groups (broad SMARTS) is 1. The Balaban J connectivity index is 1.86. The predicted octanol–water partition coefficient (Wildman–Crippen LogP) is 2.87. The molecule has 3 rings (SSSR count). The standard InChI is InChI=1S/C15H15BrN2O3/c1-15(14(20)21)4-5-18(8-15)13(19)12-7-9-6-10(16)2-3-11(9)17-12/h2-3,6-7,17H,4-5,8H2,1H3,(H,20,21)/t15-/m1/s1. The second-order valence-electron chi connectivity index (χ2n) is 5.76. The molecule has 5 nitrogen and oxygen atoms in total. The highest BCUT2D eigenvalue weighted by atomic mass is 79.9. The van der Waals surface area contributed by atoms with Gasteiger partial charge in [-0.05, 0) is 37.6 Å². The number of amides is 1. The number of aromatic nitrogens is 1. The van der Waals surface area contributed by atoms with Crippen LogP contribution in [0.15, 0.2) is 28.7 Å². The van der Waals surface area contributed by atoms with Crippen molar-refractivity contribution in [1.82, 2.24) is 9.88 Å². The monoisotopic (exact) mass is 350 g/mol. The van der Waals surface area contributed by atoms with E-state index in [-0.39, 0.29) is 12.5 Å². The summed E-state index contributed by atoms with van der Waals surface area (Å²) in [4.78, 5) is 28.5. The molecule has 1 atom stereocenters. The van der Waals surface area contributed by atoms with E-state index >= 15 is 0 Å². The van der Waals surface area contributed by atoms with E-state index in [1.165, 1.54) is 0 Å². The number of aromatic amines is 1. The van der Waals surface area contributed by atoms with Gasteiger partial charge in [0.2, 0.25) is 0 Å². The topological polar surface area (TPSA) is 73.4 Å². The highest BCUT2D eigenvalue weighted by molar-refractivity contribution is 9.10. The fourth-order valence-corrected chi connectivity index (χ4v) is 3.08. The number of nitrogens with one attached hydrogen (secondary N) is 1. The summed E-state index contributed by atoms with van der Waals surface area (Å²) in [6.45, 7) is 2.41. The van der Waals surface area contributed by atoms with E-state index in [0.717, 1.165) is 15.4 Å². The highest BCUT2D eigenvalue weighted by Gasteiger charge is 2.42. The van der Waals surface area contributed by atoms with E-state index in [1.54, 1.807) is 17.9 Å². The molecular weight excluding hydrogens is 336 g/mol. The van der Waals surface area contributed by atoms with Crippen LogP contribution < -0.4 is 0 Å². The van der Waals surface area contributed by atoms with Gasteiger partial charge >= 0.3 is 5.97 Å². The van der Waals surface area contributed by atoms with Crippen LogP contribution in [-0.4, -0.2) is 40.0 Å². The summed E-state index contributed by atoms with van der Waals surface area (Å²) in [7, 11) is 0. The van der Waals surface area contributed by atoms with Crippen molar-refractivity contribution in [3.8, 4) is 0 Å². The number of rotatable bonds is 2. The highest BCUT2D eigenvalue weighted by Crippen LogP contribution is 2.31. The number of carboxylic acids is 1. The first-order valence-corrected chi connectivity index (χ1v) is 7.49. The third kappa shape index (κ3) is 2.44. The summed E-state index contributed by atoms with van der Waals surface area (Å²) in [5.74, 6) is -0.995. The number of carbonyl (C=O) groups excluding carboxylic acids is 1. The Morgan fingerprint density at radius 3 is 2.81 bits per heavy atom. The number of H-pyrrole nitrogens is 1. The van der Waals surface area contributed by atoms with Crippen LogP contribution in [0.1, 0.15) is 23.8 Å². The third-order valence-electron chi connectivity index (χ3n) is 4.09. The summed E-state index contributed by atoms with van der Waals surface area (Å²) in [5.41, 5.74) is 0.546. The Kier molecular flexibility index (Phi) is 3.28. The summed E-state index contributed by atoms with van der Waals surface area (Å²) in [5, 5.41) is 10.2. The zero-order chi connectivity index (χ0) is 15.2. The molecule has 1 fully saturated rings. The van der Waals surface area contributed by atoms with Crippen LogP contribution in [0, 0.1) is 5.41 Å². The maximum atomic E-state index is 12.5. The second-order valence-corrected chi connectivity index (χ2v) is 6.67. The smallest absolute Gasteiger partial charge is 0.311 e. The number of carbonyl (C=O) groups is 2. The summed E-state index contributed by atoms with van der Waals surface area (Å²) in [6, 6.07) is 7.55. The van der Waals surface area contributed by atoms with Crippen molar-refractivity contribution >= 4 is 38.7 Å². The van der Waals surface area contributed by atoms with Crippen molar-refractivity contribution in [2.75, 3.05) is 13.1 Å². The molecule has 2 heterocycles. The summed E-state index contributed by atoms with van der Waals surface area (Å²) < 4.78 is 0.952. The van der Waals surface area contributed by atoms with E-state index in [2.05, 4.69) is 20.9 Å². The van der Waals surface area contributed by atoms with Crippen LogP contribution >= 0.6 is 15.9 Å². The molecule has 1 saturated heterocycles. The van der Waals surface area contributed by atoms with E-state index in [1.807, 2.05) is 18.2 Å². The average Bonchev–Trinajstić information content (AvgIpc) is 3.02. The SMILES string of the molecule is C[C@@]1(C(=O)O)CCN(C(=O)c2cc3cc(Br)ccc3[nH]2)C1. The number of hydrogen-bond donors (Lipinski definition) is 2. The number of fused-ring (bicyclic) bond motifs is 1. The zero-order valence-corrected chi connectivity index (χ0v) is 13.1. The molecule has 2 N–H and O–H groups in total. The maximum Gasteiger partial charge on any atom is 0.311 e. The van der Waals surface area contributed by atoms with Gasteiger partial charge in [-0.15, -0.1) is 0 Å². The van der Waals surface area contributed by atoms with Gasteiger partial charge in [0.05, 0.1) is 5.41 Å². The Bertz CT molecular complexity index is 740. The molecule has 2 aromatic rings. The lowest BCUT2D eigenvalue weighted by Crippen LogP contribution is -2.35. The molecule has 0 spiro atoms. The molecule has 1 aromatic carbocycles. The average molecular weight is 351 g/mol. The fraction of sp³-hybridized carbons (Fsp3) is 0.333. The van der Waals surface area contributed by atoms with Crippen LogP contribution in [-0.2, 0) is 4.79 Å². The summed E-state index contributed by atoms with van der Waals surface area (Å²) >= 11 is 3.40. The third-order valence-corrected chi connectivity index (χ3v) is 4.58. The first-order chi connectivity index (χ1) is 9.89. The number of likely N-dealkylation sites (tertiary alicyclic amines) is 1. The van der Waals surface area contributed by atoms with Gasteiger partial charge in [-0.1, -0.05) is 15.9 Å². The molecule has 0 radical (unpaired) electrons. The van der Waals surface area contributed by atoms with Crippen molar-refractivity contribution < 1.29 is 14.7 Å². The molecular formula is C15H15BrN2O3. The molecule has 1 aromatic heterocycles. The lowest BCUT2D eigenvalue weighted by molar-refractivity contribution is -0.147. The molecule has 0 bridgehead atoms. The number of halogens is 1. The van der Waals surface area contributed by atoms with Gasteiger partial charge in [0, 0.05) is 28.5 Å². The van der Waals surface area contributed by atoms with Gasteiger partial charge < -0.3 is 15.0 Å². The van der Waals surface area contributed by atoms with E-state index < -0.39 is 11.4 Å². The fourth-order valence-electron chi connectivity index (χ4n) is 2.70. The molecule has 21 heavy (non-hydrogen) atoms. The molecule has 110 valence electrons. The van der Waals surface area contributed by atoms with Gasteiger partial charge in [-0.2, -0.15) is 0 Å². The van der Waals surface area contributed by atoms with E-state index in [4.69, 9.17) is 0 Å². The Labute approximate surface area is 130 Å². The normalized spacial score (nSPS) is 21.9. The van der Waals surface area contributed by atoms with Crippen molar-refractivity contribution in [3.05, 3.63) is 34.4 Å². The predicted molar refractivity (Wildman–Crippen MR) is 82.3 cm³/mol. The van der Waals surface area contributed by atoms with Crippen LogP contribution in [0.3, 0.4) is 0 Å². The zero-order valence-electron chi connectivity index (χ0n) is 11.5. The van der Waals surface area contributed by atoms with Crippen molar-refractivity contribution in [2.24, 2.45) is 5.41 Å². The lowest BCUT2D eigenvalue weighted by atomic mass is 9.90. The number of hydrogen-bond acceptors (Lipinski definition) is 2. The van der Waals surface area contributed by atoms with Crippen LogP contribution in [0.2, 0.25) is 0 Å². The molecule has 0 aliphatic carbocycles. The quantitative estimate of drug-likeness (QED) is 0.874. The largest absolute Gasteiger partial charge is 0.481 e. The molecule has 1 aliphatic heterocycles. The lowest BCUT2D eigenvalue weighted by Gasteiger charge is -2.19. The van der Waals surface area contributed by atoms with Crippen molar-refractivity contribution in [1.29, 1.82) is 0 Å². The maximum absolute atomic E-state index is 12.5. The van der Waals surface area contributed by atoms with E-state index in [9.17, 15) is 14.7 Å². The van der Waals surface area contributed by atoms with Crippen molar-refractivity contribution in [2.45, 2.75) is 13.3 Å². The Morgan fingerprint density at radius 1 is 1.38 bits per heavy atom. The van der Waals surface area contributed by atoms with Crippen LogP contribution in [0.5, 0.6) is 0 Å². The minimum atomic E-state index is -0.849.